The van der Waals surface area contributed by atoms with E-state index >= 15 is 0 Å². The number of carbonyl (C=O) groups is 1. The second kappa shape index (κ2) is 5.14. The molecular weight excluding hydrogens is 244 g/mol. The van der Waals surface area contributed by atoms with E-state index in [0.29, 0.717) is 11.6 Å². The molecule has 1 aromatic rings. The number of hydrogen-bond donors (Lipinski definition) is 1. The van der Waals surface area contributed by atoms with Crippen molar-refractivity contribution in [2.45, 2.75) is 6.04 Å². The Labute approximate surface area is 112 Å². The zero-order valence-corrected chi connectivity index (χ0v) is 10.8. The molecule has 0 aliphatic carbocycles. The van der Waals surface area contributed by atoms with Gasteiger partial charge < -0.3 is 15.4 Å². The molecule has 19 heavy (non-hydrogen) atoms. The summed E-state index contributed by atoms with van der Waals surface area (Å²) in [5.41, 5.74) is 5.66. The maximum absolute atomic E-state index is 11.0. The first-order valence-electron chi connectivity index (χ1n) is 6.56. The first-order chi connectivity index (χ1) is 9.24. The van der Waals surface area contributed by atoms with Crippen LogP contribution < -0.4 is 10.6 Å². The number of rotatable bonds is 3. The summed E-state index contributed by atoms with van der Waals surface area (Å²) in [5.74, 6) is 0.475. The molecule has 0 atom stereocenters. The zero-order chi connectivity index (χ0) is 13.2. The third-order valence-corrected chi connectivity index (χ3v) is 3.81. The number of piperazine rings is 1. The first kappa shape index (κ1) is 12.4. The molecule has 2 saturated heterocycles. The summed E-state index contributed by atoms with van der Waals surface area (Å²) in [4.78, 5) is 20.0. The molecule has 0 saturated carbocycles. The second-order valence-corrected chi connectivity index (χ2v) is 4.98. The van der Waals surface area contributed by atoms with Crippen LogP contribution in [0.4, 0.5) is 5.82 Å². The Kier molecular flexibility index (Phi) is 3.35. The summed E-state index contributed by atoms with van der Waals surface area (Å²) in [6.45, 7) is 5.72. The van der Waals surface area contributed by atoms with Crippen molar-refractivity contribution >= 4 is 11.7 Å². The summed E-state index contributed by atoms with van der Waals surface area (Å²) in [5, 5.41) is 0. The Bertz CT molecular complexity index is 450. The number of nitrogens with zero attached hydrogens (tertiary/aromatic N) is 3. The quantitative estimate of drug-likeness (QED) is 0.810. The fourth-order valence-corrected chi connectivity index (χ4v) is 2.47. The van der Waals surface area contributed by atoms with Gasteiger partial charge in [-0.2, -0.15) is 0 Å². The molecule has 6 nitrogen and oxygen atoms in total. The van der Waals surface area contributed by atoms with Gasteiger partial charge >= 0.3 is 0 Å². The topological polar surface area (TPSA) is 71.7 Å². The number of pyridine rings is 1. The third-order valence-electron chi connectivity index (χ3n) is 3.81. The molecular formula is C13H18N4O2. The van der Waals surface area contributed by atoms with E-state index in [0.717, 1.165) is 45.2 Å². The smallest absolute Gasteiger partial charge is 0.250 e. The van der Waals surface area contributed by atoms with Crippen molar-refractivity contribution in [1.82, 2.24) is 9.88 Å². The molecule has 2 N–H and O–H groups in total. The fourth-order valence-electron chi connectivity index (χ4n) is 2.47. The molecule has 102 valence electrons. The van der Waals surface area contributed by atoms with Gasteiger partial charge in [-0.15, -0.1) is 0 Å². The van der Waals surface area contributed by atoms with E-state index in [4.69, 9.17) is 10.5 Å². The highest BCUT2D eigenvalue weighted by molar-refractivity contribution is 5.92. The van der Waals surface area contributed by atoms with Gasteiger partial charge in [-0.05, 0) is 12.1 Å². The van der Waals surface area contributed by atoms with E-state index in [1.165, 1.54) is 0 Å². The summed E-state index contributed by atoms with van der Waals surface area (Å²) in [7, 11) is 0. The number of anilines is 1. The van der Waals surface area contributed by atoms with Gasteiger partial charge in [-0.3, -0.25) is 9.69 Å². The van der Waals surface area contributed by atoms with E-state index < -0.39 is 5.91 Å². The number of aromatic nitrogens is 1. The predicted octanol–water partition coefficient (Wildman–Crippen LogP) is -0.299. The summed E-state index contributed by atoms with van der Waals surface area (Å²) in [6.07, 6.45) is 1.55. The van der Waals surface area contributed by atoms with E-state index in [2.05, 4.69) is 14.8 Å². The summed E-state index contributed by atoms with van der Waals surface area (Å²) in [6, 6.07) is 4.20. The monoisotopic (exact) mass is 262 g/mol. The molecule has 0 spiro atoms. The first-order valence-corrected chi connectivity index (χ1v) is 6.56. The lowest BCUT2D eigenvalue weighted by atomic mass is 10.2. The third kappa shape index (κ3) is 2.54. The van der Waals surface area contributed by atoms with Crippen LogP contribution in [0.15, 0.2) is 18.3 Å². The molecule has 3 rings (SSSR count). The number of nitrogens with two attached hydrogens (primary N) is 1. The van der Waals surface area contributed by atoms with Crippen LogP contribution in [0.25, 0.3) is 0 Å². The number of carbonyl (C=O) groups excluding carboxylic acids is 1. The molecule has 1 amide bonds. The van der Waals surface area contributed by atoms with Gasteiger partial charge in [0.2, 0.25) is 5.91 Å². The van der Waals surface area contributed by atoms with Crippen LogP contribution in [-0.2, 0) is 4.74 Å². The Balaban J connectivity index is 1.59. The van der Waals surface area contributed by atoms with Crippen molar-refractivity contribution in [1.29, 1.82) is 0 Å². The molecule has 1 aromatic heterocycles. The van der Waals surface area contributed by atoms with E-state index in [1.807, 2.05) is 6.07 Å². The van der Waals surface area contributed by atoms with Gasteiger partial charge in [0, 0.05) is 32.4 Å². The summed E-state index contributed by atoms with van der Waals surface area (Å²) < 4.78 is 5.22. The molecule has 2 aliphatic rings. The van der Waals surface area contributed by atoms with Crippen LogP contribution in [0.2, 0.25) is 0 Å². The maximum atomic E-state index is 11.0. The molecule has 6 heteroatoms. The van der Waals surface area contributed by atoms with Crippen molar-refractivity contribution in [3.05, 3.63) is 23.9 Å². The van der Waals surface area contributed by atoms with Crippen molar-refractivity contribution in [3.63, 3.8) is 0 Å². The Hall–Kier alpha value is -1.66. The van der Waals surface area contributed by atoms with E-state index in [-0.39, 0.29) is 0 Å². The normalized spacial score (nSPS) is 21.2. The van der Waals surface area contributed by atoms with Crippen molar-refractivity contribution < 1.29 is 9.53 Å². The number of amides is 1. The van der Waals surface area contributed by atoms with E-state index in [9.17, 15) is 4.79 Å². The van der Waals surface area contributed by atoms with Crippen molar-refractivity contribution in [2.75, 3.05) is 44.3 Å². The van der Waals surface area contributed by atoms with Crippen LogP contribution >= 0.6 is 0 Å². The fraction of sp³-hybridized carbons (Fsp3) is 0.538. The second-order valence-electron chi connectivity index (χ2n) is 4.98. The SMILES string of the molecule is NC(=O)c1ccc(N2CCN(C3COC3)CC2)nc1. The molecule has 2 aliphatic heterocycles. The number of hydrogen-bond acceptors (Lipinski definition) is 5. The minimum atomic E-state index is -0.436. The molecule has 0 radical (unpaired) electrons. The molecule has 0 unspecified atom stereocenters. The van der Waals surface area contributed by atoms with Gasteiger partial charge in [0.05, 0.1) is 24.8 Å². The lowest BCUT2D eigenvalue weighted by Crippen LogP contribution is -2.56. The maximum Gasteiger partial charge on any atom is 0.250 e. The average molecular weight is 262 g/mol. The molecule has 2 fully saturated rings. The summed E-state index contributed by atoms with van der Waals surface area (Å²) >= 11 is 0. The van der Waals surface area contributed by atoms with Crippen LogP contribution in [0.3, 0.4) is 0 Å². The van der Waals surface area contributed by atoms with Crippen LogP contribution in [0, 0.1) is 0 Å². The zero-order valence-electron chi connectivity index (χ0n) is 10.8. The Morgan fingerprint density at radius 3 is 2.47 bits per heavy atom. The van der Waals surface area contributed by atoms with Gasteiger partial charge in [0.1, 0.15) is 5.82 Å². The van der Waals surface area contributed by atoms with Gasteiger partial charge in [-0.1, -0.05) is 0 Å². The van der Waals surface area contributed by atoms with Gasteiger partial charge in [0.25, 0.3) is 0 Å². The van der Waals surface area contributed by atoms with E-state index in [1.54, 1.807) is 12.3 Å². The highest BCUT2D eigenvalue weighted by Gasteiger charge is 2.29. The standard InChI is InChI=1S/C13H18N4O2/c14-13(18)10-1-2-12(15-7-10)17-5-3-16(4-6-17)11-8-19-9-11/h1-2,7,11H,3-6,8-9H2,(H2,14,18). The average Bonchev–Trinajstić information content (AvgIpc) is 2.38. The Morgan fingerprint density at radius 2 is 2.00 bits per heavy atom. The van der Waals surface area contributed by atoms with Crippen LogP contribution in [-0.4, -0.2) is 61.2 Å². The number of primary amides is 1. The minimum Gasteiger partial charge on any atom is -0.378 e. The van der Waals surface area contributed by atoms with Crippen LogP contribution in [0.5, 0.6) is 0 Å². The minimum absolute atomic E-state index is 0.436. The van der Waals surface area contributed by atoms with Crippen molar-refractivity contribution in [2.24, 2.45) is 5.73 Å². The van der Waals surface area contributed by atoms with Crippen molar-refractivity contribution in [3.8, 4) is 0 Å². The Morgan fingerprint density at radius 1 is 1.26 bits per heavy atom. The van der Waals surface area contributed by atoms with Gasteiger partial charge in [-0.25, -0.2) is 4.98 Å². The predicted molar refractivity (Wildman–Crippen MR) is 71.1 cm³/mol. The highest BCUT2D eigenvalue weighted by atomic mass is 16.5. The molecule has 0 aromatic carbocycles. The van der Waals surface area contributed by atoms with Gasteiger partial charge in [0.15, 0.2) is 0 Å². The largest absolute Gasteiger partial charge is 0.378 e. The lowest BCUT2D eigenvalue weighted by Gasteiger charge is -2.42. The molecule has 0 bridgehead atoms. The molecule has 3 heterocycles. The van der Waals surface area contributed by atoms with Crippen LogP contribution in [0.1, 0.15) is 10.4 Å². The number of ether oxygens (including phenoxy) is 1. The lowest BCUT2D eigenvalue weighted by molar-refractivity contribution is -0.0661. The highest BCUT2D eigenvalue weighted by Crippen LogP contribution is 2.17.